The first-order valence-electron chi connectivity index (χ1n) is 14.3. The van der Waals surface area contributed by atoms with Crippen LogP contribution in [0.3, 0.4) is 0 Å². The van der Waals surface area contributed by atoms with Crippen LogP contribution in [0.4, 0.5) is 0 Å². The van der Waals surface area contributed by atoms with E-state index in [4.69, 9.17) is 5.73 Å². The molecule has 0 aliphatic heterocycles. The highest BCUT2D eigenvalue weighted by Crippen LogP contribution is 2.25. The maximum Gasteiger partial charge on any atom is 0.251 e. The summed E-state index contributed by atoms with van der Waals surface area (Å²) in [7, 11) is 1.86. The number of likely N-dealkylation sites (N-methyl/N-ethyl adjacent to an activating group) is 1. The highest BCUT2D eigenvalue weighted by Gasteiger charge is 2.26. The van der Waals surface area contributed by atoms with E-state index in [0.717, 1.165) is 12.1 Å². The zero-order valence-corrected chi connectivity index (χ0v) is 23.9. The number of hydrogen-bond acceptors (Lipinski definition) is 4. The molecule has 0 fully saturated rings. The monoisotopic (exact) mass is 551 g/mol. The predicted molar refractivity (Wildman–Crippen MR) is 165 cm³/mol. The minimum atomic E-state index is -0.400. The molecule has 4 aromatic rings. The van der Waals surface area contributed by atoms with Gasteiger partial charge in [-0.2, -0.15) is 0 Å². The van der Waals surface area contributed by atoms with Crippen LogP contribution in [0.1, 0.15) is 47.2 Å². The Hall–Kier alpha value is -4.20. The molecule has 41 heavy (non-hydrogen) atoms. The molecule has 7 heteroatoms. The van der Waals surface area contributed by atoms with Gasteiger partial charge >= 0.3 is 0 Å². The molecule has 4 rings (SSSR count). The summed E-state index contributed by atoms with van der Waals surface area (Å²) >= 11 is 0. The van der Waals surface area contributed by atoms with E-state index in [1.165, 1.54) is 11.1 Å². The molecule has 214 valence electrons. The van der Waals surface area contributed by atoms with Crippen LogP contribution in [0.5, 0.6) is 0 Å². The van der Waals surface area contributed by atoms with Gasteiger partial charge < -0.3 is 25.8 Å². The second-order valence-corrected chi connectivity index (χ2v) is 10.5. The van der Waals surface area contributed by atoms with Crippen LogP contribution in [0, 0.1) is 0 Å². The van der Waals surface area contributed by atoms with E-state index >= 15 is 0 Å². The maximum absolute atomic E-state index is 13.7. The van der Waals surface area contributed by atoms with Gasteiger partial charge in [0, 0.05) is 55.7 Å². The number of nitrogens with two attached hydrogens (primary N) is 1. The number of amides is 2. The lowest BCUT2D eigenvalue weighted by Gasteiger charge is -2.30. The Morgan fingerprint density at radius 2 is 1.44 bits per heavy atom. The Morgan fingerprint density at radius 3 is 2.00 bits per heavy atom. The first-order valence-corrected chi connectivity index (χ1v) is 14.3. The molecule has 2 atom stereocenters. The third-order valence-corrected chi connectivity index (χ3v) is 7.32. The summed E-state index contributed by atoms with van der Waals surface area (Å²) in [5.41, 5.74) is 9.74. The molecule has 1 heterocycles. The van der Waals surface area contributed by atoms with Crippen LogP contribution in [-0.2, 0) is 4.79 Å². The van der Waals surface area contributed by atoms with Gasteiger partial charge in [-0.25, -0.2) is 0 Å². The number of carbonyl (C=O) groups is 2. The maximum atomic E-state index is 13.7. The van der Waals surface area contributed by atoms with Crippen LogP contribution in [0.25, 0.3) is 5.69 Å². The Bertz CT molecular complexity index is 1300. The van der Waals surface area contributed by atoms with E-state index in [0.29, 0.717) is 31.6 Å². The van der Waals surface area contributed by atoms with E-state index in [2.05, 4.69) is 34.9 Å². The largest absolute Gasteiger partial charge is 0.350 e. The molecular weight excluding hydrogens is 510 g/mol. The topological polar surface area (TPSA) is 92.4 Å². The first kappa shape index (κ1) is 29.8. The fourth-order valence-electron chi connectivity index (χ4n) is 5.05. The summed E-state index contributed by atoms with van der Waals surface area (Å²) in [5, 5.41) is 6.45. The van der Waals surface area contributed by atoms with Crippen LogP contribution >= 0.6 is 0 Å². The van der Waals surface area contributed by atoms with Crippen molar-refractivity contribution in [2.24, 2.45) is 5.73 Å². The van der Waals surface area contributed by atoms with Crippen LogP contribution < -0.4 is 16.4 Å². The summed E-state index contributed by atoms with van der Waals surface area (Å²) in [6, 6.07) is 31.5. The third kappa shape index (κ3) is 8.39. The van der Waals surface area contributed by atoms with Crippen molar-refractivity contribution in [3.05, 3.63) is 126 Å². The van der Waals surface area contributed by atoms with Gasteiger partial charge in [-0.05, 0) is 73.8 Å². The van der Waals surface area contributed by atoms with Gasteiger partial charge in [-0.1, -0.05) is 60.7 Å². The molecule has 0 radical (unpaired) electrons. The van der Waals surface area contributed by atoms with E-state index in [1.54, 1.807) is 0 Å². The van der Waals surface area contributed by atoms with Crippen molar-refractivity contribution in [1.29, 1.82) is 0 Å². The first-order chi connectivity index (χ1) is 20.0. The van der Waals surface area contributed by atoms with Crippen LogP contribution in [0.2, 0.25) is 0 Å². The molecule has 1 unspecified atom stereocenters. The summed E-state index contributed by atoms with van der Waals surface area (Å²) < 4.78 is 1.99. The Morgan fingerprint density at radius 1 is 0.854 bits per heavy atom. The second kappa shape index (κ2) is 15.0. The van der Waals surface area contributed by atoms with Crippen LogP contribution in [0.15, 0.2) is 109 Å². The molecule has 3 aromatic carbocycles. The minimum Gasteiger partial charge on any atom is -0.350 e. The smallest absolute Gasteiger partial charge is 0.251 e. The number of benzene rings is 3. The Labute approximate surface area is 243 Å². The zero-order chi connectivity index (χ0) is 29.0. The summed E-state index contributed by atoms with van der Waals surface area (Å²) in [6.45, 7) is 3.44. The molecule has 0 bridgehead atoms. The van der Waals surface area contributed by atoms with Crippen molar-refractivity contribution in [3.8, 4) is 5.69 Å². The molecule has 0 aliphatic carbocycles. The van der Waals surface area contributed by atoms with Gasteiger partial charge in [0.2, 0.25) is 5.91 Å². The van der Waals surface area contributed by atoms with E-state index < -0.39 is 6.04 Å². The average molecular weight is 552 g/mol. The van der Waals surface area contributed by atoms with Crippen molar-refractivity contribution in [2.45, 2.75) is 37.8 Å². The van der Waals surface area contributed by atoms with Gasteiger partial charge in [0.1, 0.15) is 0 Å². The van der Waals surface area contributed by atoms with Gasteiger partial charge in [0.05, 0.1) is 6.04 Å². The number of nitrogens with zero attached hydrogens (tertiary/aromatic N) is 2. The molecule has 7 nitrogen and oxygen atoms in total. The standard InChI is InChI=1S/C34H41N5O2/c1-26(24-36-33(40)29-17-19-30(20-18-29)39-22-9-10-23-39)37-32(16-11-21-35)34(41)38(2)25-31(27-12-5-3-6-13-27)28-14-7-4-8-15-28/h3-10,12-15,17-20,22-23,26,31-32,37H,11,16,21,24-25,35H2,1-2H3,(H,36,40)/t26?,32-/m0/s1. The SMILES string of the molecule is CC(CNC(=O)c1ccc(-n2cccc2)cc1)N[C@@H](CCCN)C(=O)N(C)CC(c1ccccc1)c1ccccc1. The number of rotatable bonds is 14. The van der Waals surface area contributed by atoms with Gasteiger partial charge in [0.15, 0.2) is 0 Å². The van der Waals surface area contributed by atoms with Crippen molar-refractivity contribution >= 4 is 11.8 Å². The Kier molecular flexibility index (Phi) is 10.9. The molecule has 0 aliphatic rings. The van der Waals surface area contributed by atoms with Crippen molar-refractivity contribution < 1.29 is 9.59 Å². The molecule has 0 spiro atoms. The fraction of sp³-hybridized carbons (Fsp3) is 0.294. The van der Waals surface area contributed by atoms with Crippen LogP contribution in [-0.4, -0.2) is 60.0 Å². The van der Waals surface area contributed by atoms with Gasteiger partial charge in [-0.15, -0.1) is 0 Å². The van der Waals surface area contributed by atoms with Gasteiger partial charge in [-0.3, -0.25) is 9.59 Å². The molecule has 0 saturated carbocycles. The normalized spacial score (nSPS) is 12.6. The lowest BCUT2D eigenvalue weighted by atomic mass is 9.90. The fourth-order valence-corrected chi connectivity index (χ4v) is 5.05. The predicted octanol–water partition coefficient (Wildman–Crippen LogP) is 4.58. The lowest BCUT2D eigenvalue weighted by Crippen LogP contribution is -2.51. The minimum absolute atomic E-state index is 0.0223. The quantitative estimate of drug-likeness (QED) is 0.214. The molecule has 4 N–H and O–H groups in total. The zero-order valence-electron chi connectivity index (χ0n) is 23.9. The van der Waals surface area contributed by atoms with E-state index in [1.807, 2.05) is 109 Å². The highest BCUT2D eigenvalue weighted by molar-refractivity contribution is 5.94. The second-order valence-electron chi connectivity index (χ2n) is 10.5. The number of aromatic nitrogens is 1. The summed E-state index contributed by atoms with van der Waals surface area (Å²) in [6.07, 6.45) is 5.28. The number of hydrogen-bond donors (Lipinski definition) is 3. The molecule has 2 amide bonds. The average Bonchev–Trinajstić information content (AvgIpc) is 3.56. The summed E-state index contributed by atoms with van der Waals surface area (Å²) in [5.74, 6) is -0.0653. The molecular formula is C34H41N5O2. The number of carbonyl (C=O) groups excluding carboxylic acids is 2. The third-order valence-electron chi connectivity index (χ3n) is 7.32. The van der Waals surface area contributed by atoms with Gasteiger partial charge in [0.25, 0.3) is 5.91 Å². The Balaban J connectivity index is 1.36. The molecule has 1 aromatic heterocycles. The van der Waals surface area contributed by atoms with Crippen molar-refractivity contribution in [3.63, 3.8) is 0 Å². The molecule has 0 saturated heterocycles. The van der Waals surface area contributed by atoms with Crippen molar-refractivity contribution in [1.82, 2.24) is 20.1 Å². The highest BCUT2D eigenvalue weighted by atomic mass is 16.2. The number of nitrogens with one attached hydrogen (secondary N) is 2. The van der Waals surface area contributed by atoms with Crippen molar-refractivity contribution in [2.75, 3.05) is 26.7 Å². The van der Waals surface area contributed by atoms with E-state index in [9.17, 15) is 9.59 Å². The lowest BCUT2D eigenvalue weighted by molar-refractivity contribution is -0.132. The summed E-state index contributed by atoms with van der Waals surface area (Å²) in [4.78, 5) is 28.3. The van der Waals surface area contributed by atoms with E-state index in [-0.39, 0.29) is 23.8 Å².